The molecule has 1 amide bonds. The molecule has 0 saturated heterocycles. The molecule has 1 unspecified atom stereocenters. The summed E-state index contributed by atoms with van der Waals surface area (Å²) >= 11 is 0. The second-order valence-corrected chi connectivity index (χ2v) is 7.12. The summed E-state index contributed by atoms with van der Waals surface area (Å²) in [6.45, 7) is 0.394. The monoisotopic (exact) mass is 364 g/mol. The summed E-state index contributed by atoms with van der Waals surface area (Å²) in [6.07, 6.45) is 2.49. The molecule has 0 bridgehead atoms. The van der Waals surface area contributed by atoms with Gasteiger partial charge in [0.2, 0.25) is 5.91 Å². The Hall–Kier alpha value is -2.95. The molecule has 0 spiro atoms. The molecular weight excluding hydrogens is 343 g/mol. The summed E-state index contributed by atoms with van der Waals surface area (Å²) in [5.41, 5.74) is 2.18. The average Bonchev–Trinajstić information content (AvgIpc) is 3.49. The maximum absolute atomic E-state index is 13.2. The van der Waals surface area contributed by atoms with Crippen LogP contribution >= 0.6 is 0 Å². The van der Waals surface area contributed by atoms with E-state index >= 15 is 0 Å². The van der Waals surface area contributed by atoms with E-state index < -0.39 is 0 Å². The van der Waals surface area contributed by atoms with E-state index in [0.29, 0.717) is 24.4 Å². The van der Waals surface area contributed by atoms with E-state index in [9.17, 15) is 14.0 Å². The van der Waals surface area contributed by atoms with E-state index in [-0.39, 0.29) is 23.2 Å². The van der Waals surface area contributed by atoms with Crippen molar-refractivity contribution < 1.29 is 9.18 Å². The number of amides is 1. The van der Waals surface area contributed by atoms with Crippen molar-refractivity contribution in [1.82, 2.24) is 10.3 Å². The summed E-state index contributed by atoms with van der Waals surface area (Å²) in [6, 6.07) is 15.7. The van der Waals surface area contributed by atoms with Crippen LogP contribution in [0.4, 0.5) is 4.39 Å². The molecule has 138 valence electrons. The van der Waals surface area contributed by atoms with Gasteiger partial charge < -0.3 is 10.3 Å². The van der Waals surface area contributed by atoms with Crippen LogP contribution in [0.1, 0.15) is 29.9 Å². The molecule has 1 aliphatic rings. The number of hydrogen-bond acceptors (Lipinski definition) is 2. The Morgan fingerprint density at radius 1 is 1.15 bits per heavy atom. The number of pyridine rings is 1. The van der Waals surface area contributed by atoms with Gasteiger partial charge in [0, 0.05) is 17.6 Å². The van der Waals surface area contributed by atoms with Crippen LogP contribution in [0.3, 0.4) is 0 Å². The number of rotatable bonds is 6. The lowest BCUT2D eigenvalue weighted by atomic mass is 9.93. The molecule has 0 aliphatic heterocycles. The van der Waals surface area contributed by atoms with E-state index in [1.165, 1.54) is 12.1 Å². The third-order valence-electron chi connectivity index (χ3n) is 5.13. The molecule has 2 N–H and O–H groups in total. The normalized spacial score (nSPS) is 14.9. The number of benzene rings is 2. The minimum atomic E-state index is -0.302. The highest BCUT2D eigenvalue weighted by Gasteiger charge is 2.37. The second-order valence-electron chi connectivity index (χ2n) is 7.12. The van der Waals surface area contributed by atoms with Gasteiger partial charge in [0.05, 0.1) is 5.92 Å². The second kappa shape index (κ2) is 7.35. The largest absolute Gasteiger partial charge is 0.355 e. The summed E-state index contributed by atoms with van der Waals surface area (Å²) in [5, 5.41) is 3.93. The van der Waals surface area contributed by atoms with Crippen molar-refractivity contribution in [2.45, 2.75) is 25.2 Å². The summed E-state index contributed by atoms with van der Waals surface area (Å²) in [7, 11) is 0. The highest BCUT2D eigenvalue weighted by atomic mass is 19.1. The molecule has 2 aromatic carbocycles. The molecule has 27 heavy (non-hydrogen) atoms. The zero-order valence-electron chi connectivity index (χ0n) is 14.9. The quantitative estimate of drug-likeness (QED) is 0.703. The highest BCUT2D eigenvalue weighted by Crippen LogP contribution is 2.42. The summed E-state index contributed by atoms with van der Waals surface area (Å²) in [4.78, 5) is 27.8. The summed E-state index contributed by atoms with van der Waals surface area (Å²) < 4.78 is 13.2. The van der Waals surface area contributed by atoms with Gasteiger partial charge >= 0.3 is 0 Å². The first-order chi connectivity index (χ1) is 13.1. The number of fused-ring (bicyclic) bond motifs is 1. The average molecular weight is 364 g/mol. The molecule has 4 rings (SSSR count). The Balaban J connectivity index is 1.43. The third-order valence-corrected chi connectivity index (χ3v) is 5.13. The van der Waals surface area contributed by atoms with Gasteiger partial charge in [-0.05, 0) is 60.4 Å². The van der Waals surface area contributed by atoms with Gasteiger partial charge in [-0.25, -0.2) is 4.39 Å². The molecule has 1 aliphatic carbocycles. The molecule has 1 aromatic heterocycles. The van der Waals surface area contributed by atoms with Gasteiger partial charge in [-0.1, -0.05) is 30.3 Å². The van der Waals surface area contributed by atoms with Gasteiger partial charge in [-0.15, -0.1) is 0 Å². The zero-order valence-corrected chi connectivity index (χ0v) is 14.9. The van der Waals surface area contributed by atoms with Gasteiger partial charge in [-0.2, -0.15) is 0 Å². The first-order valence-electron chi connectivity index (χ1n) is 9.26. The van der Waals surface area contributed by atoms with Crippen molar-refractivity contribution in [1.29, 1.82) is 0 Å². The van der Waals surface area contributed by atoms with Crippen LogP contribution < -0.4 is 10.9 Å². The number of carbonyl (C=O) groups excluding carboxylic acids is 1. The number of aromatic nitrogens is 1. The maximum atomic E-state index is 13.2. The molecule has 5 heteroatoms. The van der Waals surface area contributed by atoms with Crippen LogP contribution in [0.25, 0.3) is 10.9 Å². The standard InChI is InChI=1S/C22H21FN2O2/c23-18-9-7-15(8-10-18)20(14-5-6-14)22(27)24-12-11-17-13-16-3-1-2-4-19(16)25-21(17)26/h1-4,7-10,13-14,20H,5-6,11-12H2,(H,24,27)(H,25,26). The number of halogens is 1. The molecular formula is C22H21FN2O2. The number of aromatic amines is 1. The lowest BCUT2D eigenvalue weighted by Crippen LogP contribution is -2.32. The van der Waals surface area contributed by atoms with Crippen molar-refractivity contribution in [3.05, 3.63) is 81.9 Å². The Bertz CT molecular complexity index is 1020. The van der Waals surface area contributed by atoms with Crippen LogP contribution in [-0.2, 0) is 11.2 Å². The fourth-order valence-electron chi connectivity index (χ4n) is 3.55. The minimum Gasteiger partial charge on any atom is -0.355 e. The topological polar surface area (TPSA) is 62.0 Å². The molecule has 3 aromatic rings. The van der Waals surface area contributed by atoms with Crippen LogP contribution in [0.2, 0.25) is 0 Å². The molecule has 0 radical (unpaired) electrons. The third kappa shape index (κ3) is 3.92. The minimum absolute atomic E-state index is 0.0543. The van der Waals surface area contributed by atoms with E-state index in [1.54, 1.807) is 12.1 Å². The molecule has 1 heterocycles. The van der Waals surface area contributed by atoms with Gasteiger partial charge in [0.25, 0.3) is 5.56 Å². The van der Waals surface area contributed by atoms with Gasteiger partial charge in [0.1, 0.15) is 5.82 Å². The fraction of sp³-hybridized carbons (Fsp3) is 0.273. The van der Waals surface area contributed by atoms with E-state index in [2.05, 4.69) is 10.3 Å². The van der Waals surface area contributed by atoms with Crippen LogP contribution in [-0.4, -0.2) is 17.4 Å². The van der Waals surface area contributed by atoms with Crippen molar-refractivity contribution in [3.8, 4) is 0 Å². The van der Waals surface area contributed by atoms with Gasteiger partial charge in [0.15, 0.2) is 0 Å². The van der Waals surface area contributed by atoms with Crippen LogP contribution in [0.5, 0.6) is 0 Å². The zero-order chi connectivity index (χ0) is 18.8. The Kier molecular flexibility index (Phi) is 4.75. The highest BCUT2D eigenvalue weighted by molar-refractivity contribution is 5.84. The van der Waals surface area contributed by atoms with E-state index in [1.807, 2.05) is 30.3 Å². The molecule has 4 nitrogen and oxygen atoms in total. The Morgan fingerprint density at radius 2 is 1.89 bits per heavy atom. The first-order valence-corrected chi connectivity index (χ1v) is 9.26. The number of para-hydroxylation sites is 1. The SMILES string of the molecule is O=C(NCCc1cc2ccccc2[nH]c1=O)C(c1ccc(F)cc1)C1CC1. The predicted octanol–water partition coefficient (Wildman–Crippen LogP) is 3.52. The van der Waals surface area contributed by atoms with Crippen molar-refractivity contribution >= 4 is 16.8 Å². The number of carbonyl (C=O) groups is 1. The van der Waals surface area contributed by atoms with E-state index in [4.69, 9.17) is 0 Å². The first kappa shape index (κ1) is 17.5. The van der Waals surface area contributed by atoms with Crippen molar-refractivity contribution in [2.24, 2.45) is 5.92 Å². The number of hydrogen-bond donors (Lipinski definition) is 2. The Labute approximate surface area is 156 Å². The summed E-state index contributed by atoms with van der Waals surface area (Å²) in [5.74, 6) is -0.286. The van der Waals surface area contributed by atoms with Crippen LogP contribution in [0.15, 0.2) is 59.4 Å². The number of nitrogens with one attached hydrogen (secondary N) is 2. The lowest BCUT2D eigenvalue weighted by Gasteiger charge is -2.16. The van der Waals surface area contributed by atoms with E-state index in [0.717, 1.165) is 29.3 Å². The van der Waals surface area contributed by atoms with Gasteiger partial charge in [-0.3, -0.25) is 9.59 Å². The lowest BCUT2D eigenvalue weighted by molar-refractivity contribution is -0.123. The molecule has 1 fully saturated rings. The maximum Gasteiger partial charge on any atom is 0.251 e. The van der Waals surface area contributed by atoms with Crippen molar-refractivity contribution in [2.75, 3.05) is 6.54 Å². The molecule has 1 atom stereocenters. The number of H-pyrrole nitrogens is 1. The Morgan fingerprint density at radius 3 is 2.63 bits per heavy atom. The van der Waals surface area contributed by atoms with Crippen molar-refractivity contribution in [3.63, 3.8) is 0 Å². The smallest absolute Gasteiger partial charge is 0.251 e. The molecule has 1 saturated carbocycles. The van der Waals surface area contributed by atoms with Crippen LogP contribution in [0, 0.1) is 11.7 Å². The fourth-order valence-corrected chi connectivity index (χ4v) is 3.55. The predicted molar refractivity (Wildman–Crippen MR) is 103 cm³/mol.